The number of piperidine rings is 1. The highest BCUT2D eigenvalue weighted by molar-refractivity contribution is 5.53. The summed E-state index contributed by atoms with van der Waals surface area (Å²) < 4.78 is 16.2. The van der Waals surface area contributed by atoms with Gasteiger partial charge >= 0.3 is 6.01 Å². The van der Waals surface area contributed by atoms with Gasteiger partial charge in [0, 0.05) is 30.9 Å². The Bertz CT molecular complexity index is 1330. The highest BCUT2D eigenvalue weighted by Gasteiger charge is 2.42. The van der Waals surface area contributed by atoms with Crippen molar-refractivity contribution in [2.45, 2.75) is 57.3 Å². The number of para-hydroxylation sites is 1. The van der Waals surface area contributed by atoms with Crippen molar-refractivity contribution in [3.05, 3.63) is 60.0 Å². The molecule has 2 saturated heterocycles. The molecule has 2 fully saturated rings. The highest BCUT2D eigenvalue weighted by atomic mass is 16.6. The monoisotopic (exact) mass is 488 g/mol. The van der Waals surface area contributed by atoms with Crippen LogP contribution < -0.4 is 15.4 Å². The number of nitrogens with zero attached hydrogens (tertiary/aromatic N) is 6. The molecule has 0 amide bonds. The van der Waals surface area contributed by atoms with Gasteiger partial charge in [0.25, 0.3) is 0 Å². The normalized spacial score (nSPS) is 19.4. The predicted octanol–water partition coefficient (Wildman–Crippen LogP) is 3.34. The average molecular weight is 489 g/mol. The average Bonchev–Trinajstić information content (AvgIpc) is 3.64. The van der Waals surface area contributed by atoms with E-state index >= 15 is 0 Å². The van der Waals surface area contributed by atoms with Gasteiger partial charge in [0.2, 0.25) is 5.95 Å². The number of hydrogen-bond donors (Lipinski definition) is 2. The van der Waals surface area contributed by atoms with Crippen LogP contribution in [0, 0.1) is 0 Å². The number of nitrogens with one attached hydrogen (secondary N) is 2. The molecule has 10 heteroatoms. The molecule has 1 aromatic carbocycles. The van der Waals surface area contributed by atoms with E-state index in [4.69, 9.17) is 19.4 Å². The van der Waals surface area contributed by atoms with E-state index in [0.717, 1.165) is 54.8 Å². The highest BCUT2D eigenvalue weighted by Crippen LogP contribution is 2.35. The number of ether oxygens (including phenoxy) is 2. The zero-order valence-electron chi connectivity index (χ0n) is 20.7. The number of rotatable bonds is 7. The van der Waals surface area contributed by atoms with Gasteiger partial charge in [-0.1, -0.05) is 32.0 Å². The summed E-state index contributed by atoms with van der Waals surface area (Å²) in [7, 11) is 0. The molecular weight excluding hydrogens is 456 g/mol. The molecule has 10 nitrogen and oxygen atoms in total. The maximum Gasteiger partial charge on any atom is 0.322 e. The van der Waals surface area contributed by atoms with Gasteiger partial charge in [-0.25, -0.2) is 4.68 Å². The van der Waals surface area contributed by atoms with Crippen molar-refractivity contribution in [1.82, 2.24) is 34.7 Å². The molecule has 1 atom stereocenters. The molecule has 2 N–H and O–H groups in total. The first-order valence-corrected chi connectivity index (χ1v) is 12.7. The first-order chi connectivity index (χ1) is 17.6. The first kappa shape index (κ1) is 22.9. The second-order valence-corrected chi connectivity index (χ2v) is 9.94. The fourth-order valence-corrected chi connectivity index (χ4v) is 5.18. The molecule has 0 bridgehead atoms. The molecule has 5 heterocycles. The standard InChI is InChI=1S/C26H32N8O2/c1-18(2)21-16-30-34-23(21)31-25(36-20-14-26(35-17-20)8-11-27-12-9-26)32-24(34)28-15-19-6-3-4-7-22(19)33-13-5-10-29-33/h3-7,10,13,16,18,20,27H,8-9,11-12,14-15,17H2,1-2H3,(H,28,31,32). The lowest BCUT2D eigenvalue weighted by Gasteiger charge is -2.32. The number of aromatic nitrogens is 6. The van der Waals surface area contributed by atoms with Crippen LogP contribution in [0.15, 0.2) is 48.9 Å². The fraction of sp³-hybridized carbons (Fsp3) is 0.462. The van der Waals surface area contributed by atoms with Gasteiger partial charge < -0.3 is 20.1 Å². The van der Waals surface area contributed by atoms with Crippen molar-refractivity contribution < 1.29 is 9.47 Å². The summed E-state index contributed by atoms with van der Waals surface area (Å²) in [6, 6.07) is 10.4. The van der Waals surface area contributed by atoms with Crippen molar-refractivity contribution in [3.8, 4) is 11.7 Å². The van der Waals surface area contributed by atoms with Crippen LogP contribution in [0.4, 0.5) is 5.95 Å². The van der Waals surface area contributed by atoms with Gasteiger partial charge in [-0.15, -0.1) is 0 Å². The van der Waals surface area contributed by atoms with Crippen molar-refractivity contribution >= 4 is 11.6 Å². The molecule has 36 heavy (non-hydrogen) atoms. The first-order valence-electron chi connectivity index (χ1n) is 12.7. The Balaban J connectivity index is 1.28. The fourth-order valence-electron chi connectivity index (χ4n) is 5.18. The van der Waals surface area contributed by atoms with Crippen molar-refractivity contribution in [1.29, 1.82) is 0 Å². The topological polar surface area (TPSA) is 103 Å². The van der Waals surface area contributed by atoms with E-state index < -0.39 is 0 Å². The van der Waals surface area contributed by atoms with E-state index in [1.165, 1.54) is 0 Å². The minimum absolute atomic E-state index is 0.0654. The third-order valence-electron chi connectivity index (χ3n) is 7.14. The molecule has 3 aromatic heterocycles. The van der Waals surface area contributed by atoms with E-state index in [0.29, 0.717) is 25.1 Å². The predicted molar refractivity (Wildman–Crippen MR) is 136 cm³/mol. The molecule has 4 aromatic rings. The molecule has 188 valence electrons. The molecular formula is C26H32N8O2. The molecule has 2 aliphatic heterocycles. The smallest absolute Gasteiger partial charge is 0.322 e. The summed E-state index contributed by atoms with van der Waals surface area (Å²) in [6.45, 7) is 7.34. The van der Waals surface area contributed by atoms with Gasteiger partial charge in [0.05, 0.1) is 24.1 Å². The maximum atomic E-state index is 6.33. The minimum Gasteiger partial charge on any atom is -0.457 e. The van der Waals surface area contributed by atoms with Crippen LogP contribution in [-0.4, -0.2) is 60.8 Å². The summed E-state index contributed by atoms with van der Waals surface area (Å²) >= 11 is 0. The quantitative estimate of drug-likeness (QED) is 0.408. The second-order valence-electron chi connectivity index (χ2n) is 9.94. The van der Waals surface area contributed by atoms with E-state index in [-0.39, 0.29) is 17.6 Å². The number of fused-ring (bicyclic) bond motifs is 1. The van der Waals surface area contributed by atoms with Gasteiger partial charge in [0.15, 0.2) is 5.65 Å². The summed E-state index contributed by atoms with van der Waals surface area (Å²) in [6.07, 6.45) is 8.40. The van der Waals surface area contributed by atoms with Crippen LogP contribution in [0.25, 0.3) is 11.3 Å². The zero-order valence-corrected chi connectivity index (χ0v) is 20.7. The van der Waals surface area contributed by atoms with Crippen molar-refractivity contribution in [2.75, 3.05) is 25.0 Å². The van der Waals surface area contributed by atoms with E-state index in [1.54, 1.807) is 10.7 Å². The number of anilines is 1. The lowest BCUT2D eigenvalue weighted by atomic mass is 9.89. The van der Waals surface area contributed by atoms with Gasteiger partial charge in [-0.2, -0.15) is 24.7 Å². The lowest BCUT2D eigenvalue weighted by molar-refractivity contribution is -0.0206. The summed E-state index contributed by atoms with van der Waals surface area (Å²) in [5, 5.41) is 15.9. The van der Waals surface area contributed by atoms with Crippen LogP contribution in [0.5, 0.6) is 6.01 Å². The van der Waals surface area contributed by atoms with Crippen molar-refractivity contribution in [3.63, 3.8) is 0 Å². The Morgan fingerprint density at radius 3 is 2.83 bits per heavy atom. The Hall–Kier alpha value is -3.50. The maximum absolute atomic E-state index is 6.33. The van der Waals surface area contributed by atoms with E-state index in [1.807, 2.05) is 35.3 Å². The zero-order chi connectivity index (χ0) is 24.5. The Morgan fingerprint density at radius 1 is 1.17 bits per heavy atom. The van der Waals surface area contributed by atoms with Crippen LogP contribution >= 0.6 is 0 Å². The van der Waals surface area contributed by atoms with Gasteiger partial charge in [0.1, 0.15) is 6.10 Å². The van der Waals surface area contributed by atoms with Crippen LogP contribution in [-0.2, 0) is 11.3 Å². The summed E-state index contributed by atoms with van der Waals surface area (Å²) in [5.74, 6) is 0.860. The summed E-state index contributed by atoms with van der Waals surface area (Å²) in [5.41, 5.74) is 3.82. The molecule has 1 spiro atoms. The summed E-state index contributed by atoms with van der Waals surface area (Å²) in [4.78, 5) is 9.52. The Labute approximate surface area is 210 Å². The SMILES string of the molecule is CC(C)c1cnn2c(NCc3ccccc3-n3cccn3)nc(OC3COC4(CCNCC4)C3)nc12. The Kier molecular flexibility index (Phi) is 6.06. The minimum atomic E-state index is -0.0863. The largest absolute Gasteiger partial charge is 0.457 e. The van der Waals surface area contributed by atoms with Gasteiger partial charge in [-0.3, -0.25) is 0 Å². The second kappa shape index (κ2) is 9.51. The number of hydrogen-bond acceptors (Lipinski definition) is 8. The van der Waals surface area contributed by atoms with Gasteiger partial charge in [-0.05, 0) is 49.5 Å². The Morgan fingerprint density at radius 2 is 2.03 bits per heavy atom. The van der Waals surface area contributed by atoms with Crippen LogP contribution in [0.3, 0.4) is 0 Å². The molecule has 1 unspecified atom stereocenters. The molecule has 0 radical (unpaired) electrons. The molecule has 2 aliphatic rings. The molecule has 0 aliphatic carbocycles. The van der Waals surface area contributed by atoms with Crippen LogP contribution in [0.1, 0.15) is 50.2 Å². The lowest BCUT2D eigenvalue weighted by Crippen LogP contribution is -2.41. The van der Waals surface area contributed by atoms with Crippen LogP contribution in [0.2, 0.25) is 0 Å². The molecule has 0 saturated carbocycles. The third-order valence-corrected chi connectivity index (χ3v) is 7.14. The molecule has 6 rings (SSSR count). The van der Waals surface area contributed by atoms with Crippen molar-refractivity contribution in [2.24, 2.45) is 0 Å². The van der Waals surface area contributed by atoms with E-state index in [9.17, 15) is 0 Å². The van der Waals surface area contributed by atoms with E-state index in [2.05, 4.69) is 46.8 Å². The third kappa shape index (κ3) is 4.42. The number of benzene rings is 1.